The van der Waals surface area contributed by atoms with Crippen LogP contribution in [0.25, 0.3) is 6.08 Å². The molecule has 1 N–H and O–H groups in total. The fourth-order valence-corrected chi connectivity index (χ4v) is 1.50. The van der Waals surface area contributed by atoms with Gasteiger partial charge in [-0.15, -0.1) is 0 Å². The third-order valence-electron chi connectivity index (χ3n) is 2.56. The average molecular weight is 245 g/mol. The molecule has 18 heavy (non-hydrogen) atoms. The van der Waals surface area contributed by atoms with Crippen molar-refractivity contribution in [3.05, 3.63) is 51.5 Å². The van der Waals surface area contributed by atoms with Crippen molar-refractivity contribution in [3.8, 4) is 0 Å². The van der Waals surface area contributed by atoms with Gasteiger partial charge in [0, 0.05) is 12.7 Å². The smallest absolute Gasteiger partial charge is 0.251 e. The molecular weight excluding hydrogens is 221 g/mol. The Bertz CT molecular complexity index is 478. The fourth-order valence-electron chi connectivity index (χ4n) is 1.50. The van der Waals surface area contributed by atoms with E-state index in [2.05, 4.69) is 11.6 Å². The van der Waals surface area contributed by atoms with Gasteiger partial charge in [-0.25, -0.2) is 0 Å². The Hall–Kier alpha value is -1.51. The van der Waals surface area contributed by atoms with Gasteiger partial charge in [0.1, 0.15) is 0 Å². The van der Waals surface area contributed by atoms with Gasteiger partial charge in [0.25, 0.3) is 5.56 Å². The molecule has 3 heteroatoms. The summed E-state index contributed by atoms with van der Waals surface area (Å²) in [5.74, 6) is 0. The zero-order valence-electron chi connectivity index (χ0n) is 11.8. The van der Waals surface area contributed by atoms with Crippen LogP contribution in [0, 0.1) is 6.92 Å². The number of aromatic nitrogens is 1. The highest BCUT2D eigenvalue weighted by Gasteiger charge is 2.02. The molecule has 0 spiro atoms. The van der Waals surface area contributed by atoms with Gasteiger partial charge in [-0.05, 0) is 31.1 Å². The third kappa shape index (κ3) is 4.40. The summed E-state index contributed by atoms with van der Waals surface area (Å²) in [6.45, 7) is 11.6. The molecular formula is C15H24BNO. The van der Waals surface area contributed by atoms with Crippen LogP contribution >= 0.6 is 0 Å². The summed E-state index contributed by atoms with van der Waals surface area (Å²) in [7, 11) is 5.54. The zero-order valence-corrected chi connectivity index (χ0v) is 11.8. The molecule has 98 valence electrons. The lowest BCUT2D eigenvalue weighted by Crippen LogP contribution is -2.13. The van der Waals surface area contributed by atoms with Crippen LogP contribution in [0.5, 0.6) is 0 Å². The minimum Gasteiger partial charge on any atom is -0.322 e. The Morgan fingerprint density at radius 2 is 2.17 bits per heavy atom. The minimum absolute atomic E-state index is 0. The Labute approximate surface area is 113 Å². The van der Waals surface area contributed by atoms with E-state index in [0.717, 1.165) is 28.8 Å². The second kappa shape index (κ2) is 8.57. The molecule has 0 saturated heterocycles. The zero-order chi connectivity index (χ0) is 14.1. The largest absolute Gasteiger partial charge is 0.322 e. The van der Waals surface area contributed by atoms with Crippen LogP contribution in [0.3, 0.4) is 0 Å². The molecule has 0 unspecified atom stereocenters. The van der Waals surface area contributed by atoms with Crippen molar-refractivity contribution in [1.29, 1.82) is 0 Å². The van der Waals surface area contributed by atoms with Crippen LogP contribution in [0.1, 0.15) is 39.0 Å². The number of H-pyrrole nitrogens is 1. The number of rotatable bonds is 4. The van der Waals surface area contributed by atoms with E-state index in [1.165, 1.54) is 0 Å². The summed E-state index contributed by atoms with van der Waals surface area (Å²) >= 11 is 0. The van der Waals surface area contributed by atoms with Crippen LogP contribution in [0.2, 0.25) is 6.32 Å². The second-order valence-corrected chi connectivity index (χ2v) is 3.70. The fraction of sp³-hybridized carbons (Fsp3) is 0.400. The number of hydrogen-bond donors (Lipinski definition) is 1. The van der Waals surface area contributed by atoms with Crippen LogP contribution in [-0.4, -0.2) is 12.8 Å². The standard InChI is InChI=1S/C13H16BNO.C2H6.H2/c1-4-10(8-14)7-12-9(3)6-11(5-2)13(16)15-12;1-2;/h4,6-7H,1,5,8H2,2-3H3,(H,15,16);1-2H3;1H/b10-7+;;. The number of hydrogen-bond acceptors (Lipinski definition) is 1. The van der Waals surface area contributed by atoms with Crippen molar-refractivity contribution in [3.63, 3.8) is 0 Å². The molecule has 0 atom stereocenters. The van der Waals surface area contributed by atoms with Crippen LogP contribution in [0.15, 0.2) is 29.1 Å². The van der Waals surface area contributed by atoms with Crippen LogP contribution in [0.4, 0.5) is 0 Å². The van der Waals surface area contributed by atoms with Gasteiger partial charge >= 0.3 is 0 Å². The second-order valence-electron chi connectivity index (χ2n) is 3.70. The van der Waals surface area contributed by atoms with E-state index in [-0.39, 0.29) is 6.99 Å². The molecule has 1 rings (SSSR count). The molecule has 1 aromatic rings. The summed E-state index contributed by atoms with van der Waals surface area (Å²) in [6, 6.07) is 1.92. The summed E-state index contributed by atoms with van der Waals surface area (Å²) in [4.78, 5) is 14.5. The van der Waals surface area contributed by atoms with Gasteiger partial charge in [0.05, 0.1) is 7.85 Å². The van der Waals surface area contributed by atoms with E-state index < -0.39 is 0 Å². The highest BCUT2D eigenvalue weighted by molar-refractivity contribution is 6.11. The molecule has 0 aliphatic heterocycles. The van der Waals surface area contributed by atoms with E-state index in [4.69, 9.17) is 7.85 Å². The van der Waals surface area contributed by atoms with Crippen LogP contribution < -0.4 is 5.56 Å². The molecule has 1 aromatic heterocycles. The average Bonchev–Trinajstić information content (AvgIpc) is 2.41. The van der Waals surface area contributed by atoms with Crippen LogP contribution in [-0.2, 0) is 6.42 Å². The third-order valence-corrected chi connectivity index (χ3v) is 2.56. The summed E-state index contributed by atoms with van der Waals surface area (Å²) < 4.78 is 0. The maximum atomic E-state index is 11.6. The van der Waals surface area contributed by atoms with Gasteiger partial charge in [-0.1, -0.05) is 45.3 Å². The Morgan fingerprint density at radius 1 is 1.56 bits per heavy atom. The first-order chi connectivity index (χ1) is 8.62. The van der Waals surface area contributed by atoms with E-state index in [9.17, 15) is 4.79 Å². The number of aryl methyl sites for hydroxylation is 2. The van der Waals surface area contributed by atoms with Crippen molar-refractivity contribution in [2.75, 3.05) is 0 Å². The van der Waals surface area contributed by atoms with Gasteiger partial charge < -0.3 is 4.98 Å². The lowest BCUT2D eigenvalue weighted by Gasteiger charge is -2.05. The van der Waals surface area contributed by atoms with Gasteiger partial charge in [0.15, 0.2) is 0 Å². The highest BCUT2D eigenvalue weighted by atomic mass is 16.1. The topological polar surface area (TPSA) is 32.9 Å². The summed E-state index contributed by atoms with van der Waals surface area (Å²) in [5.41, 5.74) is 3.54. The first-order valence-corrected chi connectivity index (χ1v) is 6.38. The first kappa shape index (κ1) is 16.5. The molecule has 0 fully saturated rings. The number of aromatic amines is 1. The Balaban J connectivity index is 0. The molecule has 0 aliphatic carbocycles. The van der Waals surface area contributed by atoms with Gasteiger partial charge in [-0.2, -0.15) is 0 Å². The van der Waals surface area contributed by atoms with E-state index in [0.29, 0.717) is 6.32 Å². The lowest BCUT2D eigenvalue weighted by molar-refractivity contribution is 1.04. The van der Waals surface area contributed by atoms with Gasteiger partial charge in [0.2, 0.25) is 0 Å². The summed E-state index contributed by atoms with van der Waals surface area (Å²) in [5, 5.41) is 0. The van der Waals surface area contributed by atoms with Crippen molar-refractivity contribution in [1.82, 2.24) is 4.98 Å². The maximum absolute atomic E-state index is 11.6. The highest BCUT2D eigenvalue weighted by Crippen LogP contribution is 2.12. The minimum atomic E-state index is -0.0280. The molecule has 2 nitrogen and oxygen atoms in total. The summed E-state index contributed by atoms with van der Waals surface area (Å²) in [6.07, 6.45) is 4.72. The van der Waals surface area contributed by atoms with E-state index in [1.807, 2.05) is 39.8 Å². The Morgan fingerprint density at radius 3 is 2.61 bits per heavy atom. The SMILES string of the molecule is CC.[B]C/C(C=C)=C/c1[nH]c(=O)c(CC)cc1C.[HH]. The normalized spacial score (nSPS) is 10.6. The number of allylic oxidation sites excluding steroid dienone is 2. The molecule has 2 radical (unpaired) electrons. The lowest BCUT2D eigenvalue weighted by atomic mass is 9.95. The van der Waals surface area contributed by atoms with Crippen molar-refractivity contribution in [2.24, 2.45) is 0 Å². The molecule has 0 saturated carbocycles. The predicted molar refractivity (Wildman–Crippen MR) is 83.4 cm³/mol. The maximum Gasteiger partial charge on any atom is 0.251 e. The van der Waals surface area contributed by atoms with Crippen molar-refractivity contribution in [2.45, 2.75) is 40.4 Å². The molecule has 1 heterocycles. The van der Waals surface area contributed by atoms with Crippen molar-refractivity contribution >= 4 is 13.9 Å². The Kier molecular flexibility index (Phi) is 7.85. The number of pyridine rings is 1. The quantitative estimate of drug-likeness (QED) is 0.637. The first-order valence-electron chi connectivity index (χ1n) is 6.38. The molecule has 0 amide bonds. The predicted octanol–water partition coefficient (Wildman–Crippen LogP) is 3.67. The van der Waals surface area contributed by atoms with Gasteiger partial charge in [-0.3, -0.25) is 4.79 Å². The molecule has 0 bridgehead atoms. The van der Waals surface area contributed by atoms with E-state index in [1.54, 1.807) is 6.08 Å². The molecule has 0 aromatic carbocycles. The number of nitrogens with one attached hydrogen (secondary N) is 1. The van der Waals surface area contributed by atoms with Crippen molar-refractivity contribution < 1.29 is 1.43 Å². The van der Waals surface area contributed by atoms with E-state index >= 15 is 0 Å². The monoisotopic (exact) mass is 245 g/mol. The molecule has 0 aliphatic rings.